The first-order valence-corrected chi connectivity index (χ1v) is 8.68. The molecule has 0 radical (unpaired) electrons. The number of aryl methyl sites for hydroxylation is 1. The van der Waals surface area contributed by atoms with Crippen molar-refractivity contribution >= 4 is 11.8 Å². The number of ether oxygens (including phenoxy) is 2. The van der Waals surface area contributed by atoms with Gasteiger partial charge in [-0.3, -0.25) is 5.32 Å². The van der Waals surface area contributed by atoms with Crippen LogP contribution in [0.5, 0.6) is 5.75 Å². The summed E-state index contributed by atoms with van der Waals surface area (Å²) in [4.78, 5) is 12.3. The monoisotopic (exact) mass is 424 g/mol. The zero-order chi connectivity index (χ0) is 21.9. The van der Waals surface area contributed by atoms with Crippen LogP contribution in [0.4, 0.5) is 28.0 Å². The molecule has 158 valence electrons. The highest BCUT2D eigenvalue weighted by atomic mass is 19.4. The summed E-state index contributed by atoms with van der Waals surface area (Å²) >= 11 is 0. The number of halogens is 4. The Morgan fingerprint density at radius 2 is 1.80 bits per heavy atom. The largest absolute Gasteiger partial charge is 0.573 e. The number of carbonyl (C=O) groups excluding carboxylic acids is 1. The molecule has 0 fully saturated rings. The van der Waals surface area contributed by atoms with Crippen molar-refractivity contribution in [2.24, 2.45) is 0 Å². The molecule has 30 heavy (non-hydrogen) atoms. The van der Waals surface area contributed by atoms with Gasteiger partial charge in [0.25, 0.3) is 0 Å². The van der Waals surface area contributed by atoms with E-state index in [1.54, 1.807) is 13.0 Å². The standard InChI is InChI=1S/C20H16F4N2O4/c1-11-17(25-19(27)28-12(2)15-5-3-4-6-16(15)21)18(30-26-11)13-7-9-14(10-8-13)29-20(22,23)24/h3-10,12H,1-2H3,(H,25,27). The summed E-state index contributed by atoms with van der Waals surface area (Å²) in [5.41, 5.74) is 1.04. The highest BCUT2D eigenvalue weighted by Crippen LogP contribution is 2.33. The van der Waals surface area contributed by atoms with Crippen molar-refractivity contribution < 1.29 is 36.4 Å². The van der Waals surface area contributed by atoms with Gasteiger partial charge in [0.05, 0.1) is 0 Å². The van der Waals surface area contributed by atoms with Gasteiger partial charge in [0.15, 0.2) is 5.76 Å². The normalized spacial score (nSPS) is 12.3. The van der Waals surface area contributed by atoms with Crippen LogP contribution in [0.25, 0.3) is 11.3 Å². The molecule has 1 aromatic heterocycles. The Hall–Kier alpha value is -3.56. The summed E-state index contributed by atoms with van der Waals surface area (Å²) in [5.74, 6) is -0.808. The molecule has 1 heterocycles. The molecule has 3 rings (SSSR count). The Balaban J connectivity index is 1.74. The van der Waals surface area contributed by atoms with E-state index in [1.807, 2.05) is 0 Å². The van der Waals surface area contributed by atoms with Gasteiger partial charge in [-0.25, -0.2) is 9.18 Å². The number of hydrogen-bond acceptors (Lipinski definition) is 5. The van der Waals surface area contributed by atoms with Gasteiger partial charge in [-0.2, -0.15) is 0 Å². The molecule has 1 amide bonds. The second kappa shape index (κ2) is 8.44. The predicted octanol–water partition coefficient (Wildman–Crippen LogP) is 6.00. The minimum Gasteiger partial charge on any atom is -0.441 e. The van der Waals surface area contributed by atoms with Crippen molar-refractivity contribution in [1.29, 1.82) is 0 Å². The summed E-state index contributed by atoms with van der Waals surface area (Å²) in [6, 6.07) is 10.7. The molecule has 1 N–H and O–H groups in total. The summed E-state index contributed by atoms with van der Waals surface area (Å²) in [7, 11) is 0. The molecule has 6 nitrogen and oxygen atoms in total. The molecule has 0 spiro atoms. The molecule has 0 aliphatic heterocycles. The molecule has 0 aliphatic carbocycles. The lowest BCUT2D eigenvalue weighted by Gasteiger charge is -2.15. The van der Waals surface area contributed by atoms with E-state index in [0.717, 1.165) is 12.1 Å². The molecule has 0 saturated heterocycles. The number of nitrogens with one attached hydrogen (secondary N) is 1. The van der Waals surface area contributed by atoms with Crippen molar-refractivity contribution in [2.45, 2.75) is 26.3 Å². The fourth-order valence-corrected chi connectivity index (χ4v) is 2.68. The predicted molar refractivity (Wildman–Crippen MR) is 98.3 cm³/mol. The zero-order valence-corrected chi connectivity index (χ0v) is 15.8. The van der Waals surface area contributed by atoms with Gasteiger partial charge in [0.1, 0.15) is 29.1 Å². The quantitative estimate of drug-likeness (QED) is 0.509. The number of benzene rings is 2. The first-order chi connectivity index (χ1) is 14.1. The number of rotatable bonds is 5. The number of nitrogens with zero attached hydrogens (tertiary/aromatic N) is 1. The number of alkyl halides is 3. The third-order valence-electron chi connectivity index (χ3n) is 4.07. The van der Waals surface area contributed by atoms with Gasteiger partial charge in [-0.05, 0) is 44.2 Å². The number of hydrogen-bond donors (Lipinski definition) is 1. The molecule has 10 heteroatoms. The second-order valence-electron chi connectivity index (χ2n) is 6.24. The fourth-order valence-electron chi connectivity index (χ4n) is 2.68. The van der Waals surface area contributed by atoms with Crippen LogP contribution in [-0.2, 0) is 4.74 Å². The Morgan fingerprint density at radius 1 is 1.13 bits per heavy atom. The third kappa shape index (κ3) is 5.07. The van der Waals surface area contributed by atoms with Crippen LogP contribution in [0.15, 0.2) is 53.1 Å². The molecule has 3 aromatic rings. The van der Waals surface area contributed by atoms with Gasteiger partial charge < -0.3 is 14.0 Å². The number of amides is 1. The van der Waals surface area contributed by atoms with Crippen molar-refractivity contribution in [3.05, 3.63) is 65.6 Å². The molecular weight excluding hydrogens is 408 g/mol. The summed E-state index contributed by atoms with van der Waals surface area (Å²) < 4.78 is 64.9. The highest BCUT2D eigenvalue weighted by Gasteiger charge is 2.31. The minimum absolute atomic E-state index is 0.113. The Morgan fingerprint density at radius 3 is 2.43 bits per heavy atom. The van der Waals surface area contributed by atoms with E-state index in [2.05, 4.69) is 15.2 Å². The van der Waals surface area contributed by atoms with E-state index in [0.29, 0.717) is 11.3 Å². The minimum atomic E-state index is -4.81. The lowest BCUT2D eigenvalue weighted by atomic mass is 10.1. The van der Waals surface area contributed by atoms with Gasteiger partial charge in [0, 0.05) is 11.1 Å². The number of carbonyl (C=O) groups is 1. The Kier molecular flexibility index (Phi) is 5.95. The molecule has 0 aliphatic rings. The van der Waals surface area contributed by atoms with E-state index in [1.165, 1.54) is 37.3 Å². The van der Waals surface area contributed by atoms with Crippen LogP contribution in [-0.4, -0.2) is 17.6 Å². The summed E-state index contributed by atoms with van der Waals surface area (Å²) in [5, 5.41) is 6.24. The summed E-state index contributed by atoms with van der Waals surface area (Å²) in [6.07, 6.45) is -6.56. The molecule has 1 atom stereocenters. The van der Waals surface area contributed by atoms with Crippen molar-refractivity contribution in [2.75, 3.05) is 5.32 Å². The maximum atomic E-state index is 13.8. The second-order valence-corrected chi connectivity index (χ2v) is 6.24. The SMILES string of the molecule is Cc1noc(-c2ccc(OC(F)(F)F)cc2)c1NC(=O)OC(C)c1ccccc1F. The van der Waals surface area contributed by atoms with Crippen LogP contribution in [0.3, 0.4) is 0 Å². The smallest absolute Gasteiger partial charge is 0.441 e. The van der Waals surface area contributed by atoms with Gasteiger partial charge >= 0.3 is 12.5 Å². The molecular formula is C20H16F4N2O4. The van der Waals surface area contributed by atoms with Crippen molar-refractivity contribution in [3.63, 3.8) is 0 Å². The summed E-state index contributed by atoms with van der Waals surface area (Å²) in [6.45, 7) is 3.07. The lowest BCUT2D eigenvalue weighted by Crippen LogP contribution is -2.17. The van der Waals surface area contributed by atoms with E-state index < -0.39 is 30.1 Å². The third-order valence-corrected chi connectivity index (χ3v) is 4.07. The van der Waals surface area contributed by atoms with Gasteiger partial charge in [0.2, 0.25) is 0 Å². The van der Waals surface area contributed by atoms with Crippen LogP contribution < -0.4 is 10.1 Å². The Bertz CT molecular complexity index is 1030. The molecule has 1 unspecified atom stereocenters. The number of aromatic nitrogens is 1. The molecule has 0 bridgehead atoms. The number of anilines is 1. The zero-order valence-electron chi connectivity index (χ0n) is 15.8. The maximum absolute atomic E-state index is 13.8. The van der Waals surface area contributed by atoms with E-state index in [-0.39, 0.29) is 17.0 Å². The average molecular weight is 424 g/mol. The van der Waals surface area contributed by atoms with E-state index in [9.17, 15) is 22.4 Å². The van der Waals surface area contributed by atoms with Crippen LogP contribution in [0.2, 0.25) is 0 Å². The fraction of sp³-hybridized carbons (Fsp3) is 0.200. The van der Waals surface area contributed by atoms with Gasteiger partial charge in [-0.1, -0.05) is 23.4 Å². The Labute approximate surface area is 168 Å². The van der Waals surface area contributed by atoms with E-state index >= 15 is 0 Å². The highest BCUT2D eigenvalue weighted by molar-refractivity contribution is 5.90. The molecule has 0 saturated carbocycles. The topological polar surface area (TPSA) is 73.6 Å². The molecule has 2 aromatic carbocycles. The van der Waals surface area contributed by atoms with Crippen molar-refractivity contribution in [3.8, 4) is 17.1 Å². The maximum Gasteiger partial charge on any atom is 0.573 e. The van der Waals surface area contributed by atoms with Crippen molar-refractivity contribution in [1.82, 2.24) is 5.16 Å². The first kappa shape index (κ1) is 21.2. The van der Waals surface area contributed by atoms with E-state index in [4.69, 9.17) is 9.26 Å². The average Bonchev–Trinajstić information content (AvgIpc) is 3.02. The lowest BCUT2D eigenvalue weighted by molar-refractivity contribution is -0.274. The van der Waals surface area contributed by atoms with Crippen LogP contribution in [0.1, 0.15) is 24.3 Å². The van der Waals surface area contributed by atoms with Crippen LogP contribution in [0, 0.1) is 12.7 Å². The van der Waals surface area contributed by atoms with Crippen LogP contribution >= 0.6 is 0 Å². The first-order valence-electron chi connectivity index (χ1n) is 8.68. The van der Waals surface area contributed by atoms with Gasteiger partial charge in [-0.15, -0.1) is 13.2 Å².